The third-order valence-electron chi connectivity index (χ3n) is 3.78. The first-order valence-electron chi connectivity index (χ1n) is 6.04. The normalized spacial score (nSPS) is 29.1. The van der Waals surface area contributed by atoms with Gasteiger partial charge in [-0.15, -0.1) is 0 Å². The third kappa shape index (κ3) is 1.49. The molecule has 1 heterocycles. The molecule has 0 bridgehead atoms. The van der Waals surface area contributed by atoms with Gasteiger partial charge in [0.2, 0.25) is 0 Å². The number of carbonyl (C=O) groups excluding carboxylic acids is 1. The van der Waals surface area contributed by atoms with E-state index in [0.29, 0.717) is 25.2 Å². The predicted octanol–water partition coefficient (Wildman–Crippen LogP) is 2.60. The highest BCUT2D eigenvalue weighted by Gasteiger charge is 2.41. The lowest BCUT2D eigenvalue weighted by Crippen LogP contribution is -2.40. The molecule has 1 aliphatic carbocycles. The Kier molecular flexibility index (Phi) is 2.32. The summed E-state index contributed by atoms with van der Waals surface area (Å²) in [6.45, 7) is 0.590. The number of ether oxygens (including phenoxy) is 1. The average molecular weight is 216 g/mol. The van der Waals surface area contributed by atoms with Crippen molar-refractivity contribution in [1.82, 2.24) is 0 Å². The number of carbonyl (C=O) groups is 1. The fraction of sp³-hybridized carbons (Fsp3) is 0.500. The molecule has 3 rings (SSSR count). The van der Waals surface area contributed by atoms with E-state index in [0.717, 1.165) is 19.3 Å². The highest BCUT2D eigenvalue weighted by atomic mass is 16.5. The van der Waals surface area contributed by atoms with Crippen LogP contribution in [0.5, 0.6) is 0 Å². The van der Waals surface area contributed by atoms with Gasteiger partial charge in [-0.2, -0.15) is 0 Å². The summed E-state index contributed by atoms with van der Waals surface area (Å²) in [4.78, 5) is 11.7. The van der Waals surface area contributed by atoms with Crippen LogP contribution < -0.4 is 0 Å². The molecule has 2 heteroatoms. The Morgan fingerprint density at radius 1 is 1.19 bits per heavy atom. The van der Waals surface area contributed by atoms with Crippen LogP contribution in [-0.4, -0.2) is 12.4 Å². The van der Waals surface area contributed by atoms with Crippen molar-refractivity contribution in [3.05, 3.63) is 35.4 Å². The summed E-state index contributed by atoms with van der Waals surface area (Å²) in [5.41, 5.74) is 2.34. The Balaban J connectivity index is 2.05. The average Bonchev–Trinajstić information content (AvgIpc) is 2.30. The molecule has 2 aliphatic rings. The van der Waals surface area contributed by atoms with Crippen LogP contribution in [0, 0.1) is 0 Å². The van der Waals surface area contributed by atoms with E-state index in [9.17, 15) is 4.79 Å². The second-order valence-corrected chi connectivity index (χ2v) is 4.82. The van der Waals surface area contributed by atoms with Crippen LogP contribution in [0.3, 0.4) is 0 Å². The molecule has 1 spiro atoms. The molecule has 0 N–H and O–H groups in total. The SMILES string of the molecule is O=C1CCOC2(CCCc3ccccc32)C1. The highest BCUT2D eigenvalue weighted by molar-refractivity contribution is 5.80. The van der Waals surface area contributed by atoms with E-state index >= 15 is 0 Å². The first-order valence-corrected chi connectivity index (χ1v) is 6.04. The molecule has 0 saturated carbocycles. The van der Waals surface area contributed by atoms with Crippen molar-refractivity contribution >= 4 is 5.78 Å². The highest BCUT2D eigenvalue weighted by Crippen LogP contribution is 2.43. The fourth-order valence-electron chi connectivity index (χ4n) is 3.03. The first-order chi connectivity index (χ1) is 7.80. The molecule has 0 amide bonds. The molecule has 1 aromatic carbocycles. The zero-order chi connectivity index (χ0) is 11.0. The van der Waals surface area contributed by atoms with Gasteiger partial charge >= 0.3 is 0 Å². The van der Waals surface area contributed by atoms with Crippen LogP contribution in [-0.2, 0) is 21.6 Å². The lowest BCUT2D eigenvalue weighted by Gasteiger charge is -2.41. The molecule has 1 aromatic rings. The van der Waals surface area contributed by atoms with E-state index in [1.54, 1.807) is 0 Å². The number of rotatable bonds is 0. The maximum atomic E-state index is 11.7. The summed E-state index contributed by atoms with van der Waals surface area (Å²) in [7, 11) is 0. The Bertz CT molecular complexity index is 424. The molecular formula is C14H16O2. The predicted molar refractivity (Wildman–Crippen MR) is 61.3 cm³/mol. The van der Waals surface area contributed by atoms with Gasteiger partial charge in [0.05, 0.1) is 6.61 Å². The Morgan fingerprint density at radius 3 is 2.94 bits per heavy atom. The van der Waals surface area contributed by atoms with Crippen molar-refractivity contribution in [3.63, 3.8) is 0 Å². The standard InChI is InChI=1S/C14H16O2/c15-12-7-9-16-14(10-12)8-3-5-11-4-1-2-6-13(11)14/h1-2,4,6H,3,5,7-10H2. The lowest BCUT2D eigenvalue weighted by atomic mass is 9.75. The maximum Gasteiger partial charge on any atom is 0.138 e. The molecule has 1 fully saturated rings. The van der Waals surface area contributed by atoms with E-state index < -0.39 is 0 Å². The largest absolute Gasteiger partial charge is 0.369 e. The van der Waals surface area contributed by atoms with Gasteiger partial charge in [-0.3, -0.25) is 4.79 Å². The van der Waals surface area contributed by atoms with Crippen molar-refractivity contribution in [2.45, 2.75) is 37.7 Å². The van der Waals surface area contributed by atoms with Crippen LogP contribution in [0.2, 0.25) is 0 Å². The molecular weight excluding hydrogens is 200 g/mol. The van der Waals surface area contributed by atoms with Gasteiger partial charge in [0.15, 0.2) is 0 Å². The summed E-state index contributed by atoms with van der Waals surface area (Å²) in [6.07, 6.45) is 4.41. The summed E-state index contributed by atoms with van der Waals surface area (Å²) in [6, 6.07) is 8.42. The van der Waals surface area contributed by atoms with Gasteiger partial charge in [-0.05, 0) is 30.4 Å². The quantitative estimate of drug-likeness (QED) is 0.666. The number of hydrogen-bond acceptors (Lipinski definition) is 2. The lowest BCUT2D eigenvalue weighted by molar-refractivity contribution is -0.144. The number of hydrogen-bond donors (Lipinski definition) is 0. The number of ketones is 1. The van der Waals surface area contributed by atoms with Crippen molar-refractivity contribution in [2.24, 2.45) is 0 Å². The topological polar surface area (TPSA) is 26.3 Å². The van der Waals surface area contributed by atoms with Crippen molar-refractivity contribution in [3.8, 4) is 0 Å². The van der Waals surface area contributed by atoms with Gasteiger partial charge in [0, 0.05) is 12.8 Å². The van der Waals surface area contributed by atoms with Gasteiger partial charge < -0.3 is 4.74 Å². The van der Waals surface area contributed by atoms with Gasteiger partial charge in [0.1, 0.15) is 11.4 Å². The molecule has 1 unspecified atom stereocenters. The first kappa shape index (κ1) is 10.0. The Labute approximate surface area is 95.6 Å². The monoisotopic (exact) mass is 216 g/mol. The van der Waals surface area contributed by atoms with Crippen LogP contribution in [0.15, 0.2) is 24.3 Å². The maximum absolute atomic E-state index is 11.7. The van der Waals surface area contributed by atoms with E-state index in [2.05, 4.69) is 18.2 Å². The number of benzene rings is 1. The van der Waals surface area contributed by atoms with Gasteiger partial charge in [-0.25, -0.2) is 0 Å². The van der Waals surface area contributed by atoms with E-state index in [1.165, 1.54) is 11.1 Å². The summed E-state index contributed by atoms with van der Waals surface area (Å²) in [5.74, 6) is 0.350. The smallest absolute Gasteiger partial charge is 0.138 e. The molecule has 1 saturated heterocycles. The summed E-state index contributed by atoms with van der Waals surface area (Å²) < 4.78 is 5.98. The minimum atomic E-state index is -0.288. The van der Waals surface area contributed by atoms with Gasteiger partial charge in [0.25, 0.3) is 0 Å². The summed E-state index contributed by atoms with van der Waals surface area (Å²) in [5, 5.41) is 0. The van der Waals surface area contributed by atoms with E-state index in [1.807, 2.05) is 6.07 Å². The van der Waals surface area contributed by atoms with Crippen LogP contribution in [0.25, 0.3) is 0 Å². The van der Waals surface area contributed by atoms with Crippen molar-refractivity contribution < 1.29 is 9.53 Å². The molecule has 1 aliphatic heterocycles. The molecule has 2 nitrogen and oxygen atoms in total. The van der Waals surface area contributed by atoms with Crippen molar-refractivity contribution in [2.75, 3.05) is 6.61 Å². The second-order valence-electron chi connectivity index (χ2n) is 4.82. The van der Waals surface area contributed by atoms with Crippen molar-refractivity contribution in [1.29, 1.82) is 0 Å². The minimum Gasteiger partial charge on any atom is -0.369 e. The van der Waals surface area contributed by atoms with E-state index in [4.69, 9.17) is 4.74 Å². The van der Waals surface area contributed by atoms with Crippen LogP contribution in [0.4, 0.5) is 0 Å². The zero-order valence-corrected chi connectivity index (χ0v) is 9.37. The Hall–Kier alpha value is -1.15. The molecule has 16 heavy (non-hydrogen) atoms. The Morgan fingerprint density at radius 2 is 2.06 bits per heavy atom. The summed E-state index contributed by atoms with van der Waals surface area (Å²) >= 11 is 0. The fourth-order valence-corrected chi connectivity index (χ4v) is 3.03. The second kappa shape index (κ2) is 3.70. The minimum absolute atomic E-state index is 0.288. The molecule has 1 atom stereocenters. The number of Topliss-reactive ketones (excluding diaryl/α,β-unsaturated/α-hetero) is 1. The van der Waals surface area contributed by atoms with Gasteiger partial charge in [-0.1, -0.05) is 24.3 Å². The van der Waals surface area contributed by atoms with E-state index in [-0.39, 0.29) is 5.60 Å². The number of fused-ring (bicyclic) bond motifs is 2. The van der Waals surface area contributed by atoms with Crippen LogP contribution in [0.1, 0.15) is 36.8 Å². The molecule has 0 radical (unpaired) electrons. The molecule has 0 aromatic heterocycles. The number of aryl methyl sites for hydroxylation is 1. The zero-order valence-electron chi connectivity index (χ0n) is 9.37. The molecule has 84 valence electrons. The third-order valence-corrected chi connectivity index (χ3v) is 3.78. The van der Waals surface area contributed by atoms with Crippen LogP contribution >= 0.6 is 0 Å².